The maximum absolute atomic E-state index is 12.0. The van der Waals surface area contributed by atoms with Gasteiger partial charge in [0.05, 0.1) is 11.8 Å². The summed E-state index contributed by atoms with van der Waals surface area (Å²) in [5.41, 5.74) is 0.663. The molecule has 1 aliphatic rings. The number of halogens is 1. The van der Waals surface area contributed by atoms with Gasteiger partial charge >= 0.3 is 0 Å². The predicted octanol–water partition coefficient (Wildman–Crippen LogP) is 2.69. The summed E-state index contributed by atoms with van der Waals surface area (Å²) in [4.78, 5) is 23.8. The molecule has 108 valence electrons. The van der Waals surface area contributed by atoms with E-state index < -0.39 is 0 Å². The van der Waals surface area contributed by atoms with Crippen LogP contribution >= 0.6 is 11.6 Å². The van der Waals surface area contributed by atoms with E-state index in [0.717, 1.165) is 0 Å². The fraction of sp³-hybridized carbons (Fsp3) is 0.467. The Kier molecular flexibility index (Phi) is 4.65. The van der Waals surface area contributed by atoms with Crippen LogP contribution in [0.15, 0.2) is 24.3 Å². The van der Waals surface area contributed by atoms with E-state index in [-0.39, 0.29) is 23.7 Å². The SMILES string of the molecule is CC(C)CNC(=O)C1CC1C(=O)Nc1cccc(Cl)c1. The second-order valence-electron chi connectivity index (χ2n) is 5.59. The van der Waals surface area contributed by atoms with Gasteiger partial charge in [0.2, 0.25) is 11.8 Å². The molecule has 2 rings (SSSR count). The molecule has 0 aromatic heterocycles. The van der Waals surface area contributed by atoms with Gasteiger partial charge in [-0.1, -0.05) is 31.5 Å². The normalized spacial score (nSPS) is 20.6. The largest absolute Gasteiger partial charge is 0.356 e. The van der Waals surface area contributed by atoms with Gasteiger partial charge in [-0.2, -0.15) is 0 Å². The zero-order chi connectivity index (χ0) is 14.7. The molecule has 0 spiro atoms. The molecule has 1 saturated carbocycles. The van der Waals surface area contributed by atoms with Crippen LogP contribution in [-0.2, 0) is 9.59 Å². The second kappa shape index (κ2) is 6.27. The molecule has 2 unspecified atom stereocenters. The topological polar surface area (TPSA) is 58.2 Å². The zero-order valence-corrected chi connectivity index (χ0v) is 12.4. The Bertz CT molecular complexity index is 516. The van der Waals surface area contributed by atoms with Gasteiger partial charge in [0.25, 0.3) is 0 Å². The molecule has 1 aromatic carbocycles. The summed E-state index contributed by atoms with van der Waals surface area (Å²) >= 11 is 5.86. The standard InChI is InChI=1S/C15H19ClN2O2/c1-9(2)8-17-14(19)12-7-13(12)15(20)18-11-5-3-4-10(16)6-11/h3-6,9,12-13H,7-8H2,1-2H3,(H,17,19)(H,18,20). The molecule has 0 heterocycles. The van der Waals surface area contributed by atoms with Crippen LogP contribution in [0.4, 0.5) is 5.69 Å². The number of carbonyl (C=O) groups is 2. The molecule has 2 atom stereocenters. The lowest BCUT2D eigenvalue weighted by Crippen LogP contribution is -2.30. The van der Waals surface area contributed by atoms with E-state index >= 15 is 0 Å². The van der Waals surface area contributed by atoms with E-state index in [1.165, 1.54) is 0 Å². The molecule has 0 saturated heterocycles. The number of benzene rings is 1. The van der Waals surface area contributed by atoms with Crippen LogP contribution < -0.4 is 10.6 Å². The van der Waals surface area contributed by atoms with Crippen molar-refractivity contribution in [2.45, 2.75) is 20.3 Å². The van der Waals surface area contributed by atoms with Crippen LogP contribution in [0.3, 0.4) is 0 Å². The summed E-state index contributed by atoms with van der Waals surface area (Å²) in [6.45, 7) is 4.73. The van der Waals surface area contributed by atoms with Crippen LogP contribution in [0.2, 0.25) is 5.02 Å². The third kappa shape index (κ3) is 3.97. The third-order valence-electron chi connectivity index (χ3n) is 3.24. The van der Waals surface area contributed by atoms with Crippen molar-refractivity contribution in [1.29, 1.82) is 0 Å². The summed E-state index contributed by atoms with van der Waals surface area (Å²) < 4.78 is 0. The molecule has 0 bridgehead atoms. The molecule has 1 aromatic rings. The third-order valence-corrected chi connectivity index (χ3v) is 3.48. The molecule has 20 heavy (non-hydrogen) atoms. The predicted molar refractivity (Wildman–Crippen MR) is 79.5 cm³/mol. The van der Waals surface area contributed by atoms with Crippen LogP contribution in [0, 0.1) is 17.8 Å². The minimum absolute atomic E-state index is 0.0232. The minimum Gasteiger partial charge on any atom is -0.356 e. The highest BCUT2D eigenvalue weighted by atomic mass is 35.5. The van der Waals surface area contributed by atoms with Crippen molar-refractivity contribution < 1.29 is 9.59 Å². The Balaban J connectivity index is 1.82. The van der Waals surface area contributed by atoms with Crippen molar-refractivity contribution in [2.75, 3.05) is 11.9 Å². The number of hydrogen-bond donors (Lipinski definition) is 2. The van der Waals surface area contributed by atoms with Crippen molar-refractivity contribution >= 4 is 29.1 Å². The monoisotopic (exact) mass is 294 g/mol. The summed E-state index contributed by atoms with van der Waals surface area (Å²) in [5.74, 6) is -0.132. The first-order valence-corrected chi connectivity index (χ1v) is 7.19. The molecular weight excluding hydrogens is 276 g/mol. The first kappa shape index (κ1) is 14.9. The molecule has 5 heteroatoms. The number of rotatable bonds is 5. The van der Waals surface area contributed by atoms with Gasteiger partial charge in [-0.15, -0.1) is 0 Å². The number of amides is 2. The van der Waals surface area contributed by atoms with Crippen molar-refractivity contribution in [1.82, 2.24) is 5.32 Å². The molecular formula is C15H19ClN2O2. The number of hydrogen-bond acceptors (Lipinski definition) is 2. The van der Waals surface area contributed by atoms with Crippen LogP contribution in [-0.4, -0.2) is 18.4 Å². The second-order valence-corrected chi connectivity index (χ2v) is 6.02. The van der Waals surface area contributed by atoms with E-state index in [1.54, 1.807) is 24.3 Å². The Morgan fingerprint density at radius 1 is 1.30 bits per heavy atom. The van der Waals surface area contributed by atoms with Crippen LogP contribution in [0.5, 0.6) is 0 Å². The van der Waals surface area contributed by atoms with Gasteiger partial charge in [0.15, 0.2) is 0 Å². The molecule has 2 N–H and O–H groups in total. The Morgan fingerprint density at radius 3 is 2.65 bits per heavy atom. The summed E-state index contributed by atoms with van der Waals surface area (Å²) in [6.07, 6.45) is 0.621. The van der Waals surface area contributed by atoms with Gasteiger partial charge < -0.3 is 10.6 Å². The molecule has 0 aliphatic heterocycles. The van der Waals surface area contributed by atoms with E-state index in [4.69, 9.17) is 11.6 Å². The van der Waals surface area contributed by atoms with Gasteiger partial charge in [0, 0.05) is 17.3 Å². The highest BCUT2D eigenvalue weighted by Crippen LogP contribution is 2.39. The summed E-state index contributed by atoms with van der Waals surface area (Å²) in [5, 5.41) is 6.23. The summed E-state index contributed by atoms with van der Waals surface area (Å²) in [7, 11) is 0. The minimum atomic E-state index is -0.221. The first-order chi connectivity index (χ1) is 9.47. The highest BCUT2D eigenvalue weighted by Gasteiger charge is 2.47. The number of nitrogens with one attached hydrogen (secondary N) is 2. The Morgan fingerprint density at radius 2 is 2.00 bits per heavy atom. The average Bonchev–Trinajstić information content (AvgIpc) is 3.16. The maximum Gasteiger partial charge on any atom is 0.228 e. The van der Waals surface area contributed by atoms with Gasteiger partial charge in [-0.3, -0.25) is 9.59 Å². The van der Waals surface area contributed by atoms with Crippen LogP contribution in [0.25, 0.3) is 0 Å². The fourth-order valence-electron chi connectivity index (χ4n) is 2.01. The van der Waals surface area contributed by atoms with Crippen molar-refractivity contribution in [3.8, 4) is 0 Å². The van der Waals surface area contributed by atoms with Crippen LogP contribution in [0.1, 0.15) is 20.3 Å². The van der Waals surface area contributed by atoms with Gasteiger partial charge in [-0.25, -0.2) is 0 Å². The van der Waals surface area contributed by atoms with Crippen molar-refractivity contribution in [2.24, 2.45) is 17.8 Å². The summed E-state index contributed by atoms with van der Waals surface area (Å²) in [6, 6.07) is 6.99. The first-order valence-electron chi connectivity index (χ1n) is 6.81. The Labute approximate surface area is 123 Å². The van der Waals surface area contributed by atoms with Crippen molar-refractivity contribution in [3.05, 3.63) is 29.3 Å². The molecule has 2 amide bonds. The fourth-order valence-corrected chi connectivity index (χ4v) is 2.20. The molecule has 1 fully saturated rings. The van der Waals surface area contributed by atoms with E-state index in [0.29, 0.717) is 29.6 Å². The quantitative estimate of drug-likeness (QED) is 0.877. The molecule has 0 radical (unpaired) electrons. The van der Waals surface area contributed by atoms with Crippen molar-refractivity contribution in [3.63, 3.8) is 0 Å². The number of anilines is 1. The lowest BCUT2D eigenvalue weighted by molar-refractivity contribution is -0.125. The van der Waals surface area contributed by atoms with Gasteiger partial charge in [-0.05, 0) is 30.5 Å². The smallest absolute Gasteiger partial charge is 0.228 e. The highest BCUT2D eigenvalue weighted by molar-refractivity contribution is 6.30. The number of carbonyl (C=O) groups excluding carboxylic acids is 2. The lowest BCUT2D eigenvalue weighted by atomic mass is 10.2. The Hall–Kier alpha value is -1.55. The van der Waals surface area contributed by atoms with Gasteiger partial charge in [0.1, 0.15) is 0 Å². The zero-order valence-electron chi connectivity index (χ0n) is 11.7. The maximum atomic E-state index is 12.0. The van der Waals surface area contributed by atoms with E-state index in [1.807, 2.05) is 13.8 Å². The van der Waals surface area contributed by atoms with E-state index in [2.05, 4.69) is 10.6 Å². The van der Waals surface area contributed by atoms with E-state index in [9.17, 15) is 9.59 Å². The molecule has 4 nitrogen and oxygen atoms in total. The molecule has 1 aliphatic carbocycles. The lowest BCUT2D eigenvalue weighted by Gasteiger charge is -2.08. The average molecular weight is 295 g/mol.